The van der Waals surface area contributed by atoms with Gasteiger partial charge in [-0.25, -0.2) is 0 Å². The number of carbonyl (C=O) groups excluding carboxylic acids is 2. The molecule has 0 spiro atoms. The molecule has 1 N–H and O–H groups in total. The van der Waals surface area contributed by atoms with E-state index in [4.69, 9.17) is 0 Å². The minimum absolute atomic E-state index is 0.00896. The van der Waals surface area contributed by atoms with E-state index in [1.54, 1.807) is 6.92 Å². The highest BCUT2D eigenvalue weighted by molar-refractivity contribution is 5.84. The summed E-state index contributed by atoms with van der Waals surface area (Å²) in [7, 11) is 0. The molecule has 3 heteroatoms. The highest BCUT2D eigenvalue weighted by atomic mass is 16.1. The largest absolute Gasteiger partial charge is 0.356 e. The number of amides is 1. The Labute approximate surface area is 102 Å². The first-order valence-electron chi connectivity index (χ1n) is 5.97. The zero-order chi connectivity index (χ0) is 12.7. The van der Waals surface area contributed by atoms with E-state index in [0.717, 1.165) is 5.56 Å². The molecule has 1 amide bonds. The molecule has 1 rings (SSSR count). The second-order valence-corrected chi connectivity index (χ2v) is 4.07. The summed E-state index contributed by atoms with van der Waals surface area (Å²) in [5, 5.41) is 2.74. The van der Waals surface area contributed by atoms with Crippen LogP contribution in [-0.2, 0) is 9.59 Å². The number of benzene rings is 1. The number of Topliss-reactive ketones (excluding diaryl/α,β-unsaturated/α-hetero) is 1. The lowest BCUT2D eigenvalue weighted by Crippen LogP contribution is -2.23. The fourth-order valence-corrected chi connectivity index (χ4v) is 1.85. The van der Waals surface area contributed by atoms with Crippen LogP contribution in [0.1, 0.15) is 38.2 Å². The van der Waals surface area contributed by atoms with Gasteiger partial charge in [-0.3, -0.25) is 9.59 Å². The van der Waals surface area contributed by atoms with Gasteiger partial charge in [0.1, 0.15) is 5.78 Å². The van der Waals surface area contributed by atoms with Crippen LogP contribution < -0.4 is 5.32 Å². The predicted octanol–water partition coefficient (Wildman–Crippen LogP) is 2.28. The molecule has 0 bridgehead atoms. The van der Waals surface area contributed by atoms with Crippen LogP contribution in [0, 0.1) is 0 Å². The minimum atomic E-state index is -0.168. The van der Waals surface area contributed by atoms with Crippen molar-refractivity contribution in [2.45, 2.75) is 32.6 Å². The Bertz CT molecular complexity index is 373. The molecule has 3 nitrogen and oxygen atoms in total. The van der Waals surface area contributed by atoms with Crippen LogP contribution in [0.15, 0.2) is 30.3 Å². The van der Waals surface area contributed by atoms with Crippen molar-refractivity contribution in [3.05, 3.63) is 35.9 Å². The normalized spacial score (nSPS) is 11.9. The lowest BCUT2D eigenvalue weighted by atomic mass is 9.91. The smallest absolute Gasteiger partial charge is 0.220 e. The molecule has 0 fully saturated rings. The van der Waals surface area contributed by atoms with Crippen molar-refractivity contribution in [1.29, 1.82) is 0 Å². The van der Waals surface area contributed by atoms with Crippen LogP contribution in [0.25, 0.3) is 0 Å². The van der Waals surface area contributed by atoms with Gasteiger partial charge in [-0.1, -0.05) is 30.3 Å². The van der Waals surface area contributed by atoms with Crippen LogP contribution in [0.2, 0.25) is 0 Å². The molecule has 92 valence electrons. The van der Waals surface area contributed by atoms with Crippen molar-refractivity contribution in [3.63, 3.8) is 0 Å². The highest BCUT2D eigenvalue weighted by Crippen LogP contribution is 2.21. The quantitative estimate of drug-likeness (QED) is 0.819. The first-order valence-corrected chi connectivity index (χ1v) is 5.97. The molecular formula is C14H19NO2. The van der Waals surface area contributed by atoms with E-state index < -0.39 is 0 Å². The average Bonchev–Trinajstić information content (AvgIpc) is 2.30. The second kappa shape index (κ2) is 6.84. The summed E-state index contributed by atoms with van der Waals surface area (Å²) in [4.78, 5) is 23.0. The van der Waals surface area contributed by atoms with Crippen molar-refractivity contribution < 1.29 is 9.59 Å². The maximum atomic E-state index is 11.6. The second-order valence-electron chi connectivity index (χ2n) is 4.07. The number of nitrogens with one attached hydrogen (secondary N) is 1. The van der Waals surface area contributed by atoms with E-state index in [1.807, 2.05) is 37.3 Å². The molecule has 0 aromatic heterocycles. The maximum absolute atomic E-state index is 11.6. The van der Waals surface area contributed by atoms with Gasteiger partial charge in [0.05, 0.1) is 0 Å². The molecule has 1 aromatic carbocycles. The number of ketones is 1. The first-order chi connectivity index (χ1) is 8.15. The van der Waals surface area contributed by atoms with Gasteiger partial charge < -0.3 is 5.32 Å². The summed E-state index contributed by atoms with van der Waals surface area (Å²) in [6.07, 6.45) is 0.970. The summed E-state index contributed by atoms with van der Waals surface area (Å²) in [6.45, 7) is 4.10. The Balaban J connectivity index is 2.62. The Morgan fingerprint density at radius 2 is 1.88 bits per heavy atom. The molecule has 0 heterocycles. The minimum Gasteiger partial charge on any atom is -0.356 e. The first kappa shape index (κ1) is 13.4. The van der Waals surface area contributed by atoms with Crippen LogP contribution in [0.3, 0.4) is 0 Å². The molecule has 1 atom stereocenters. The lowest BCUT2D eigenvalue weighted by Gasteiger charge is -2.13. The van der Waals surface area contributed by atoms with E-state index in [0.29, 0.717) is 19.4 Å². The number of hydrogen-bond donors (Lipinski definition) is 1. The molecule has 0 radical (unpaired) electrons. The van der Waals surface area contributed by atoms with Crippen molar-refractivity contribution in [2.75, 3.05) is 6.54 Å². The third-order valence-electron chi connectivity index (χ3n) is 2.73. The van der Waals surface area contributed by atoms with Gasteiger partial charge in [-0.2, -0.15) is 0 Å². The molecule has 0 aliphatic rings. The molecule has 17 heavy (non-hydrogen) atoms. The molecular weight excluding hydrogens is 214 g/mol. The Morgan fingerprint density at radius 1 is 1.24 bits per heavy atom. The standard InChI is InChI=1S/C14H19NO2/c1-3-15-14(17)10-9-13(11(2)16)12-7-5-4-6-8-12/h4-8,13H,3,9-10H2,1-2H3,(H,15,17). The van der Waals surface area contributed by atoms with E-state index >= 15 is 0 Å². The van der Waals surface area contributed by atoms with Crippen LogP contribution >= 0.6 is 0 Å². The Kier molecular flexibility index (Phi) is 5.40. The van der Waals surface area contributed by atoms with Crippen molar-refractivity contribution in [3.8, 4) is 0 Å². The summed E-state index contributed by atoms with van der Waals surface area (Å²) < 4.78 is 0. The van der Waals surface area contributed by atoms with Crippen molar-refractivity contribution in [1.82, 2.24) is 5.32 Å². The monoisotopic (exact) mass is 233 g/mol. The molecule has 0 saturated carbocycles. The van der Waals surface area contributed by atoms with E-state index in [1.165, 1.54) is 0 Å². The molecule has 0 aliphatic heterocycles. The molecule has 1 unspecified atom stereocenters. The predicted molar refractivity (Wildman–Crippen MR) is 67.8 cm³/mol. The van der Waals surface area contributed by atoms with Crippen molar-refractivity contribution in [2.24, 2.45) is 0 Å². The van der Waals surface area contributed by atoms with E-state index in [9.17, 15) is 9.59 Å². The number of carbonyl (C=O) groups is 2. The summed E-state index contributed by atoms with van der Waals surface area (Å²) in [5.74, 6) is -0.0472. The summed E-state index contributed by atoms with van der Waals surface area (Å²) >= 11 is 0. The Hall–Kier alpha value is -1.64. The molecule has 0 aliphatic carbocycles. The number of rotatable bonds is 6. The van der Waals surface area contributed by atoms with Crippen LogP contribution in [0.4, 0.5) is 0 Å². The van der Waals surface area contributed by atoms with Gasteiger partial charge in [0.2, 0.25) is 5.91 Å². The summed E-state index contributed by atoms with van der Waals surface area (Å²) in [5.41, 5.74) is 0.990. The molecule has 0 saturated heterocycles. The summed E-state index contributed by atoms with van der Waals surface area (Å²) in [6, 6.07) is 9.62. The number of hydrogen-bond acceptors (Lipinski definition) is 2. The van der Waals surface area contributed by atoms with Gasteiger partial charge in [-0.05, 0) is 25.8 Å². The topological polar surface area (TPSA) is 46.2 Å². The van der Waals surface area contributed by atoms with Gasteiger partial charge in [0.25, 0.3) is 0 Å². The Morgan fingerprint density at radius 3 is 2.41 bits per heavy atom. The zero-order valence-electron chi connectivity index (χ0n) is 10.4. The maximum Gasteiger partial charge on any atom is 0.220 e. The zero-order valence-corrected chi connectivity index (χ0v) is 10.4. The third-order valence-corrected chi connectivity index (χ3v) is 2.73. The lowest BCUT2D eigenvalue weighted by molar-refractivity contribution is -0.121. The average molecular weight is 233 g/mol. The van der Waals surface area contributed by atoms with Crippen molar-refractivity contribution >= 4 is 11.7 Å². The van der Waals surface area contributed by atoms with Gasteiger partial charge in [0, 0.05) is 18.9 Å². The van der Waals surface area contributed by atoms with Gasteiger partial charge >= 0.3 is 0 Å². The van der Waals surface area contributed by atoms with Gasteiger partial charge in [0.15, 0.2) is 0 Å². The fourth-order valence-electron chi connectivity index (χ4n) is 1.85. The van der Waals surface area contributed by atoms with Gasteiger partial charge in [-0.15, -0.1) is 0 Å². The highest BCUT2D eigenvalue weighted by Gasteiger charge is 2.17. The SMILES string of the molecule is CCNC(=O)CCC(C(C)=O)c1ccccc1. The molecule has 1 aromatic rings. The van der Waals surface area contributed by atoms with E-state index in [-0.39, 0.29) is 17.6 Å². The fraction of sp³-hybridized carbons (Fsp3) is 0.429. The van der Waals surface area contributed by atoms with E-state index in [2.05, 4.69) is 5.32 Å². The van der Waals surface area contributed by atoms with Crippen LogP contribution in [0.5, 0.6) is 0 Å². The van der Waals surface area contributed by atoms with Crippen LogP contribution in [-0.4, -0.2) is 18.2 Å². The third kappa shape index (κ3) is 4.39.